The van der Waals surface area contributed by atoms with Gasteiger partial charge in [0.2, 0.25) is 0 Å². The summed E-state index contributed by atoms with van der Waals surface area (Å²) >= 11 is 0. The smallest absolute Gasteiger partial charge is 0.119 e. The van der Waals surface area contributed by atoms with Gasteiger partial charge in [0, 0.05) is 0 Å². The van der Waals surface area contributed by atoms with E-state index in [2.05, 4.69) is 6.58 Å². The van der Waals surface area contributed by atoms with E-state index in [1.165, 1.54) is 0 Å². The molecule has 3 nitrogen and oxygen atoms in total. The maximum Gasteiger partial charge on any atom is 0.119 e. The number of hydrogen-bond acceptors (Lipinski definition) is 3. The van der Waals surface area contributed by atoms with Crippen molar-refractivity contribution in [1.82, 2.24) is 0 Å². The van der Waals surface area contributed by atoms with Gasteiger partial charge < -0.3 is 14.6 Å². The quantitative estimate of drug-likeness (QED) is 0.556. The van der Waals surface area contributed by atoms with Gasteiger partial charge in [0.15, 0.2) is 0 Å². The van der Waals surface area contributed by atoms with E-state index < -0.39 is 0 Å². The Hall–Kier alpha value is -1.48. The summed E-state index contributed by atoms with van der Waals surface area (Å²) in [4.78, 5) is 0. The number of hydrogen-bond donors (Lipinski definition) is 1. The van der Waals surface area contributed by atoms with Gasteiger partial charge in [-0.15, -0.1) is 6.58 Å². The van der Waals surface area contributed by atoms with E-state index in [-0.39, 0.29) is 5.75 Å². The van der Waals surface area contributed by atoms with Crippen LogP contribution in [0.2, 0.25) is 0 Å². The molecule has 0 radical (unpaired) electrons. The lowest BCUT2D eigenvalue weighted by molar-refractivity contribution is 0.121. The van der Waals surface area contributed by atoms with Gasteiger partial charge in [-0.2, -0.15) is 0 Å². The summed E-state index contributed by atoms with van der Waals surface area (Å²) in [6, 6.07) is 6.59. The lowest BCUT2D eigenvalue weighted by atomic mass is 10.3. The van der Waals surface area contributed by atoms with Crippen LogP contribution in [0.1, 0.15) is 0 Å². The lowest BCUT2D eigenvalue weighted by Gasteiger charge is -2.05. The molecule has 3 heteroatoms. The van der Waals surface area contributed by atoms with Crippen molar-refractivity contribution >= 4 is 0 Å². The standard InChI is InChI=1S/C11H14O3/c1-2-7-13-8-9-14-11-5-3-10(12)4-6-11/h2-6,12H,1,7-9H2. The van der Waals surface area contributed by atoms with Crippen molar-refractivity contribution in [3.05, 3.63) is 36.9 Å². The van der Waals surface area contributed by atoms with E-state index >= 15 is 0 Å². The minimum Gasteiger partial charge on any atom is -0.508 e. The van der Waals surface area contributed by atoms with Gasteiger partial charge >= 0.3 is 0 Å². The number of ether oxygens (including phenoxy) is 2. The van der Waals surface area contributed by atoms with Gasteiger partial charge in [0.25, 0.3) is 0 Å². The molecule has 0 atom stereocenters. The monoisotopic (exact) mass is 194 g/mol. The predicted molar refractivity (Wildman–Crippen MR) is 54.6 cm³/mol. The van der Waals surface area contributed by atoms with Gasteiger partial charge in [-0.3, -0.25) is 0 Å². The maximum atomic E-state index is 9.01. The van der Waals surface area contributed by atoms with Crippen LogP contribution < -0.4 is 4.74 Å². The number of phenols is 1. The predicted octanol–water partition coefficient (Wildman–Crippen LogP) is 1.97. The molecule has 0 bridgehead atoms. The zero-order valence-electron chi connectivity index (χ0n) is 7.98. The van der Waals surface area contributed by atoms with E-state index in [0.29, 0.717) is 19.8 Å². The van der Waals surface area contributed by atoms with Crippen LogP contribution in [0, 0.1) is 0 Å². The fourth-order valence-electron chi connectivity index (χ4n) is 0.927. The first kappa shape index (κ1) is 10.6. The second-order valence-corrected chi connectivity index (χ2v) is 2.71. The minimum absolute atomic E-state index is 0.236. The van der Waals surface area contributed by atoms with Gasteiger partial charge in [-0.1, -0.05) is 6.08 Å². The van der Waals surface area contributed by atoms with E-state index in [9.17, 15) is 0 Å². The molecular formula is C11H14O3. The largest absolute Gasteiger partial charge is 0.508 e. The summed E-state index contributed by atoms with van der Waals surface area (Å²) in [7, 11) is 0. The summed E-state index contributed by atoms with van der Waals surface area (Å²) < 4.78 is 10.5. The molecule has 1 aromatic carbocycles. The molecule has 0 aliphatic heterocycles. The SMILES string of the molecule is C=CCOCCOc1ccc(O)cc1. The van der Waals surface area contributed by atoms with Crippen LogP contribution in [0.25, 0.3) is 0 Å². The van der Waals surface area contributed by atoms with Crippen molar-refractivity contribution in [3.8, 4) is 11.5 Å². The summed E-state index contributed by atoms with van der Waals surface area (Å²) in [5.74, 6) is 0.963. The van der Waals surface area contributed by atoms with Crippen LogP contribution in [0.4, 0.5) is 0 Å². The third kappa shape index (κ3) is 3.96. The van der Waals surface area contributed by atoms with Crippen LogP contribution in [0.5, 0.6) is 11.5 Å². The molecule has 0 saturated carbocycles. The Kier molecular flexibility index (Phi) is 4.58. The molecule has 76 valence electrons. The first-order valence-electron chi connectivity index (χ1n) is 4.43. The lowest BCUT2D eigenvalue weighted by Crippen LogP contribution is -2.06. The Morgan fingerprint density at radius 1 is 1.21 bits per heavy atom. The zero-order chi connectivity index (χ0) is 10.2. The number of benzene rings is 1. The highest BCUT2D eigenvalue weighted by atomic mass is 16.5. The maximum absolute atomic E-state index is 9.01. The molecule has 0 saturated heterocycles. The average molecular weight is 194 g/mol. The molecule has 0 heterocycles. The van der Waals surface area contributed by atoms with Gasteiger partial charge in [-0.25, -0.2) is 0 Å². The third-order valence-electron chi connectivity index (χ3n) is 1.57. The second kappa shape index (κ2) is 6.05. The van der Waals surface area contributed by atoms with Crippen molar-refractivity contribution in [1.29, 1.82) is 0 Å². The van der Waals surface area contributed by atoms with E-state index in [4.69, 9.17) is 14.6 Å². The number of aromatic hydroxyl groups is 1. The van der Waals surface area contributed by atoms with Crippen LogP contribution in [0.3, 0.4) is 0 Å². The van der Waals surface area contributed by atoms with Crippen molar-refractivity contribution < 1.29 is 14.6 Å². The Bertz CT molecular complexity index is 266. The third-order valence-corrected chi connectivity index (χ3v) is 1.57. The van der Waals surface area contributed by atoms with Crippen LogP contribution in [-0.4, -0.2) is 24.9 Å². The molecular weight excluding hydrogens is 180 g/mol. The Morgan fingerprint density at radius 2 is 1.93 bits per heavy atom. The van der Waals surface area contributed by atoms with E-state index in [1.54, 1.807) is 30.3 Å². The molecule has 0 aliphatic rings. The van der Waals surface area contributed by atoms with Crippen LogP contribution >= 0.6 is 0 Å². The van der Waals surface area contributed by atoms with E-state index in [1.807, 2.05) is 0 Å². The first-order valence-corrected chi connectivity index (χ1v) is 4.43. The zero-order valence-corrected chi connectivity index (χ0v) is 7.98. The van der Waals surface area contributed by atoms with Crippen molar-refractivity contribution in [2.24, 2.45) is 0 Å². The van der Waals surface area contributed by atoms with Gasteiger partial charge in [-0.05, 0) is 24.3 Å². The van der Waals surface area contributed by atoms with E-state index in [0.717, 1.165) is 5.75 Å². The van der Waals surface area contributed by atoms with Crippen molar-refractivity contribution in [3.63, 3.8) is 0 Å². The molecule has 1 rings (SSSR count). The highest BCUT2D eigenvalue weighted by Crippen LogP contribution is 2.15. The molecule has 0 fully saturated rings. The summed E-state index contributed by atoms with van der Waals surface area (Å²) in [6.07, 6.45) is 1.69. The van der Waals surface area contributed by atoms with Crippen molar-refractivity contribution in [2.45, 2.75) is 0 Å². The molecule has 1 N–H and O–H groups in total. The minimum atomic E-state index is 0.236. The molecule has 14 heavy (non-hydrogen) atoms. The molecule has 0 unspecified atom stereocenters. The number of rotatable bonds is 6. The fraction of sp³-hybridized carbons (Fsp3) is 0.273. The topological polar surface area (TPSA) is 38.7 Å². The van der Waals surface area contributed by atoms with Gasteiger partial charge in [0.1, 0.15) is 18.1 Å². The summed E-state index contributed by atoms with van der Waals surface area (Å²) in [5, 5.41) is 9.01. The van der Waals surface area contributed by atoms with Crippen molar-refractivity contribution in [2.75, 3.05) is 19.8 Å². The van der Waals surface area contributed by atoms with Crippen LogP contribution in [0.15, 0.2) is 36.9 Å². The molecule has 0 aromatic heterocycles. The average Bonchev–Trinajstić information content (AvgIpc) is 2.21. The summed E-state index contributed by atoms with van der Waals surface area (Å²) in [6.45, 7) is 5.11. The first-order chi connectivity index (χ1) is 6.83. The second-order valence-electron chi connectivity index (χ2n) is 2.71. The molecule has 0 amide bonds. The molecule has 1 aromatic rings. The Balaban J connectivity index is 2.18. The summed E-state index contributed by atoms with van der Waals surface area (Å²) in [5.41, 5.74) is 0. The molecule has 0 aliphatic carbocycles. The number of phenolic OH excluding ortho intramolecular Hbond substituents is 1. The molecule has 0 spiro atoms. The highest BCUT2D eigenvalue weighted by Gasteiger charge is 1.93. The highest BCUT2D eigenvalue weighted by molar-refractivity contribution is 5.29. The van der Waals surface area contributed by atoms with Gasteiger partial charge in [0.05, 0.1) is 13.2 Å². The van der Waals surface area contributed by atoms with Crippen LogP contribution in [-0.2, 0) is 4.74 Å². The Morgan fingerprint density at radius 3 is 2.57 bits per heavy atom. The fourth-order valence-corrected chi connectivity index (χ4v) is 0.927. The Labute approximate surface area is 83.6 Å². The normalized spacial score (nSPS) is 9.71.